The molecule has 0 radical (unpaired) electrons. The van der Waals surface area contributed by atoms with Gasteiger partial charge in [0.05, 0.1) is 5.56 Å². The molecule has 0 saturated carbocycles. The van der Waals surface area contributed by atoms with Gasteiger partial charge in [0, 0.05) is 17.2 Å². The first-order valence-electron chi connectivity index (χ1n) is 12.5. The molecule has 0 spiro atoms. The molecule has 0 saturated heterocycles. The van der Waals surface area contributed by atoms with Gasteiger partial charge in [-0.1, -0.05) is 112 Å². The molecule has 0 bridgehead atoms. The fourth-order valence-corrected chi connectivity index (χ4v) is 3.66. The number of carbonyl (C=O) groups is 3. The first-order chi connectivity index (χ1) is 17.0. The highest BCUT2D eigenvalue weighted by atomic mass is 16.5. The highest BCUT2D eigenvalue weighted by Crippen LogP contribution is 2.29. The van der Waals surface area contributed by atoms with E-state index in [2.05, 4.69) is 19.1 Å². The van der Waals surface area contributed by atoms with E-state index in [9.17, 15) is 14.4 Å². The van der Waals surface area contributed by atoms with Crippen LogP contribution >= 0.6 is 0 Å². The van der Waals surface area contributed by atoms with Crippen molar-refractivity contribution in [1.29, 1.82) is 0 Å². The summed E-state index contributed by atoms with van der Waals surface area (Å²) in [5.41, 5.74) is 0.764. The Hall–Kier alpha value is -3.53. The van der Waals surface area contributed by atoms with Crippen molar-refractivity contribution < 1.29 is 19.1 Å². The Balaban J connectivity index is 1.69. The largest absolute Gasteiger partial charge is 0.423 e. The number of unbranched alkanes of at least 4 members (excludes halogenated alkanes) is 7. The van der Waals surface area contributed by atoms with E-state index in [0.29, 0.717) is 5.57 Å². The molecule has 4 heteroatoms. The van der Waals surface area contributed by atoms with Gasteiger partial charge in [-0.05, 0) is 31.9 Å². The summed E-state index contributed by atoms with van der Waals surface area (Å²) in [6, 6.07) is 4.67. The van der Waals surface area contributed by atoms with E-state index in [0.717, 1.165) is 6.42 Å². The van der Waals surface area contributed by atoms with E-state index in [-0.39, 0.29) is 28.4 Å². The van der Waals surface area contributed by atoms with Crippen molar-refractivity contribution >= 4 is 17.5 Å². The van der Waals surface area contributed by atoms with Gasteiger partial charge in [-0.15, -0.1) is 0 Å². The predicted molar refractivity (Wildman–Crippen MR) is 143 cm³/mol. The average Bonchev–Trinajstić information content (AvgIpc) is 2.84. The van der Waals surface area contributed by atoms with Crippen LogP contribution in [0.5, 0.6) is 5.75 Å². The maximum absolute atomic E-state index is 12.3. The van der Waals surface area contributed by atoms with Gasteiger partial charge in [0.1, 0.15) is 5.75 Å². The molecule has 0 N–H and O–H groups in total. The van der Waals surface area contributed by atoms with Crippen molar-refractivity contribution in [2.75, 3.05) is 0 Å². The number of allylic oxidation sites excluding steroid dienone is 11. The van der Waals surface area contributed by atoms with E-state index in [1.165, 1.54) is 63.2 Å². The van der Waals surface area contributed by atoms with Crippen LogP contribution < -0.4 is 4.74 Å². The Bertz CT molecular complexity index is 1050. The second-order valence-corrected chi connectivity index (χ2v) is 8.47. The fourth-order valence-electron chi connectivity index (χ4n) is 3.66. The number of carbonyl (C=O) groups excluding carboxylic acids is 3. The molecule has 1 aliphatic rings. The smallest absolute Gasteiger partial charge is 0.336 e. The van der Waals surface area contributed by atoms with Crippen LogP contribution in [0.2, 0.25) is 0 Å². The molecule has 0 fully saturated rings. The highest BCUT2D eigenvalue weighted by Gasteiger charge is 2.27. The molecule has 1 aliphatic carbocycles. The SMILES string of the molecule is CCCCCCCCCC=CC=CC=CC=CC=CC(=O)Oc1cccc2c1C(=O)C=C(C)C2=O. The monoisotopic (exact) mass is 472 g/mol. The minimum absolute atomic E-state index is 0.0910. The maximum atomic E-state index is 12.3. The van der Waals surface area contributed by atoms with Gasteiger partial charge in [0.2, 0.25) is 0 Å². The number of esters is 1. The quantitative estimate of drug-likeness (QED) is 0.0909. The lowest BCUT2D eigenvalue weighted by Gasteiger charge is -2.15. The van der Waals surface area contributed by atoms with E-state index in [1.807, 2.05) is 24.3 Å². The summed E-state index contributed by atoms with van der Waals surface area (Å²) in [5, 5.41) is 0. The van der Waals surface area contributed by atoms with Crippen LogP contribution in [-0.2, 0) is 4.79 Å². The third-order valence-corrected chi connectivity index (χ3v) is 5.55. The summed E-state index contributed by atoms with van der Waals surface area (Å²) in [5.74, 6) is -1.10. The number of ether oxygens (including phenoxy) is 1. The molecule has 0 unspecified atom stereocenters. The van der Waals surface area contributed by atoms with Gasteiger partial charge in [-0.2, -0.15) is 0 Å². The Morgan fingerprint density at radius 2 is 1.46 bits per heavy atom. The topological polar surface area (TPSA) is 60.4 Å². The molecular formula is C31H36O4. The molecule has 184 valence electrons. The van der Waals surface area contributed by atoms with Crippen LogP contribution in [0.15, 0.2) is 90.6 Å². The van der Waals surface area contributed by atoms with Gasteiger partial charge >= 0.3 is 5.97 Å². The zero-order chi connectivity index (χ0) is 25.3. The number of rotatable bonds is 14. The van der Waals surface area contributed by atoms with Crippen molar-refractivity contribution in [2.24, 2.45) is 0 Å². The van der Waals surface area contributed by atoms with Crippen LogP contribution in [0.4, 0.5) is 0 Å². The van der Waals surface area contributed by atoms with E-state index in [4.69, 9.17) is 4.74 Å². The molecule has 0 heterocycles. The standard InChI is InChI=1S/C31H36O4/c1-3-4-5-6-7-8-9-10-11-12-13-14-15-16-17-18-19-23-29(33)35-28-22-20-21-26-30(28)27(32)24-25(2)31(26)34/h11-24H,3-10H2,1-2H3. The van der Waals surface area contributed by atoms with Crippen LogP contribution in [0, 0.1) is 0 Å². The molecule has 0 aromatic heterocycles. The number of benzene rings is 1. The van der Waals surface area contributed by atoms with E-state index < -0.39 is 5.97 Å². The Morgan fingerprint density at radius 1 is 0.829 bits per heavy atom. The number of ketones is 2. The fraction of sp³-hybridized carbons (Fsp3) is 0.323. The van der Waals surface area contributed by atoms with Gasteiger partial charge in [0.15, 0.2) is 11.6 Å². The Morgan fingerprint density at radius 3 is 2.17 bits per heavy atom. The van der Waals surface area contributed by atoms with E-state index >= 15 is 0 Å². The first-order valence-corrected chi connectivity index (χ1v) is 12.5. The van der Waals surface area contributed by atoms with Crippen molar-refractivity contribution in [3.8, 4) is 5.75 Å². The summed E-state index contributed by atoms with van der Waals surface area (Å²) in [7, 11) is 0. The number of fused-ring (bicyclic) bond motifs is 1. The lowest BCUT2D eigenvalue weighted by molar-refractivity contribution is -0.129. The van der Waals surface area contributed by atoms with Crippen molar-refractivity contribution in [3.05, 3.63) is 102 Å². The molecule has 0 aliphatic heterocycles. The molecule has 1 aromatic carbocycles. The summed E-state index contributed by atoms with van der Waals surface area (Å²) >= 11 is 0. The van der Waals surface area contributed by atoms with Crippen molar-refractivity contribution in [2.45, 2.75) is 65.2 Å². The van der Waals surface area contributed by atoms with Crippen LogP contribution in [0.1, 0.15) is 85.9 Å². The zero-order valence-electron chi connectivity index (χ0n) is 20.9. The summed E-state index contributed by atoms with van der Waals surface area (Å²) in [4.78, 5) is 36.7. The van der Waals surface area contributed by atoms with Gasteiger partial charge in [-0.3, -0.25) is 9.59 Å². The normalized spacial score (nSPS) is 14.2. The van der Waals surface area contributed by atoms with Crippen molar-refractivity contribution in [1.82, 2.24) is 0 Å². The highest BCUT2D eigenvalue weighted by molar-refractivity contribution is 6.25. The molecule has 0 amide bonds. The van der Waals surface area contributed by atoms with Crippen LogP contribution in [0.25, 0.3) is 0 Å². The number of Topliss-reactive ketones (excluding diaryl/α,β-unsaturated/α-hetero) is 1. The van der Waals surface area contributed by atoms with E-state index in [1.54, 1.807) is 37.3 Å². The molecular weight excluding hydrogens is 436 g/mol. The minimum Gasteiger partial charge on any atom is -0.423 e. The zero-order valence-corrected chi connectivity index (χ0v) is 20.9. The predicted octanol–water partition coefficient (Wildman–Crippen LogP) is 7.84. The molecule has 0 atom stereocenters. The average molecular weight is 473 g/mol. The lowest BCUT2D eigenvalue weighted by Crippen LogP contribution is -2.18. The summed E-state index contributed by atoms with van der Waals surface area (Å²) in [6.07, 6.45) is 30.0. The second kappa shape index (κ2) is 16.2. The summed E-state index contributed by atoms with van der Waals surface area (Å²) in [6.45, 7) is 3.84. The third kappa shape index (κ3) is 10.1. The molecule has 2 rings (SSSR count). The Labute approximate surface area is 209 Å². The minimum atomic E-state index is -0.621. The number of hydrogen-bond donors (Lipinski definition) is 0. The van der Waals surface area contributed by atoms with Gasteiger partial charge in [-0.25, -0.2) is 4.79 Å². The van der Waals surface area contributed by atoms with Crippen LogP contribution in [0.3, 0.4) is 0 Å². The second-order valence-electron chi connectivity index (χ2n) is 8.47. The molecule has 4 nitrogen and oxygen atoms in total. The number of hydrogen-bond acceptors (Lipinski definition) is 4. The van der Waals surface area contributed by atoms with Gasteiger partial charge < -0.3 is 4.74 Å². The molecule has 35 heavy (non-hydrogen) atoms. The summed E-state index contributed by atoms with van der Waals surface area (Å²) < 4.78 is 5.30. The van der Waals surface area contributed by atoms with Gasteiger partial charge in [0.25, 0.3) is 0 Å². The Kier molecular flexibility index (Phi) is 12.8. The third-order valence-electron chi connectivity index (χ3n) is 5.55. The maximum Gasteiger partial charge on any atom is 0.336 e. The lowest BCUT2D eigenvalue weighted by atomic mass is 9.89. The molecule has 1 aromatic rings. The first kappa shape index (κ1) is 27.7. The van der Waals surface area contributed by atoms with Crippen molar-refractivity contribution in [3.63, 3.8) is 0 Å². The van der Waals surface area contributed by atoms with Crippen LogP contribution in [-0.4, -0.2) is 17.5 Å².